The maximum absolute atomic E-state index is 13.1. The molecule has 0 radical (unpaired) electrons. The number of thiazole rings is 1. The first kappa shape index (κ1) is 21.1. The van der Waals surface area contributed by atoms with Crippen molar-refractivity contribution >= 4 is 34.9 Å². The molecule has 154 valence electrons. The van der Waals surface area contributed by atoms with Crippen LogP contribution in [0.1, 0.15) is 26.4 Å². The van der Waals surface area contributed by atoms with Gasteiger partial charge in [-0.1, -0.05) is 0 Å². The molecule has 1 N–H and O–H groups in total. The molecule has 1 amide bonds. The Morgan fingerprint density at radius 3 is 2.17 bits per heavy atom. The molecular formula is C21H17FN2O5S. The smallest absolute Gasteiger partial charge is 0.337 e. The lowest BCUT2D eigenvalue weighted by Crippen LogP contribution is -2.16. The van der Waals surface area contributed by atoms with Crippen LogP contribution >= 0.6 is 11.3 Å². The summed E-state index contributed by atoms with van der Waals surface area (Å²) in [5.74, 6) is -2.03. The summed E-state index contributed by atoms with van der Waals surface area (Å²) in [6.07, 6.45) is -0.0201. The Morgan fingerprint density at radius 1 is 1.00 bits per heavy atom. The largest absolute Gasteiger partial charge is 0.465 e. The van der Waals surface area contributed by atoms with E-state index in [9.17, 15) is 18.8 Å². The van der Waals surface area contributed by atoms with Crippen LogP contribution in [0, 0.1) is 5.82 Å². The van der Waals surface area contributed by atoms with Crippen LogP contribution in [0.15, 0.2) is 47.8 Å². The second-order valence-corrected chi connectivity index (χ2v) is 7.02. The highest BCUT2D eigenvalue weighted by atomic mass is 32.1. The second kappa shape index (κ2) is 9.27. The summed E-state index contributed by atoms with van der Waals surface area (Å²) in [4.78, 5) is 40.5. The van der Waals surface area contributed by atoms with Gasteiger partial charge in [0.15, 0.2) is 0 Å². The number of anilines is 1. The zero-order valence-corrected chi connectivity index (χ0v) is 16.9. The number of carbonyl (C=O) groups excluding carboxylic acids is 3. The van der Waals surface area contributed by atoms with Crippen LogP contribution in [0.25, 0.3) is 10.6 Å². The van der Waals surface area contributed by atoms with E-state index in [1.165, 1.54) is 55.9 Å². The maximum Gasteiger partial charge on any atom is 0.337 e. The molecule has 0 fully saturated rings. The van der Waals surface area contributed by atoms with Crippen LogP contribution < -0.4 is 5.32 Å². The number of nitrogens with one attached hydrogen (secondary N) is 1. The van der Waals surface area contributed by atoms with Crippen LogP contribution in [0.4, 0.5) is 10.1 Å². The van der Waals surface area contributed by atoms with E-state index in [0.717, 1.165) is 5.56 Å². The summed E-state index contributed by atoms with van der Waals surface area (Å²) in [5.41, 5.74) is 1.74. The van der Waals surface area contributed by atoms with Crippen molar-refractivity contribution in [1.29, 1.82) is 0 Å². The van der Waals surface area contributed by atoms with Crippen molar-refractivity contribution in [2.75, 3.05) is 19.5 Å². The van der Waals surface area contributed by atoms with Gasteiger partial charge in [0.2, 0.25) is 5.91 Å². The summed E-state index contributed by atoms with van der Waals surface area (Å²) in [7, 11) is 2.43. The van der Waals surface area contributed by atoms with E-state index in [1.807, 2.05) is 0 Å². The first-order valence-corrected chi connectivity index (χ1v) is 9.59. The third-order valence-electron chi connectivity index (χ3n) is 4.04. The van der Waals surface area contributed by atoms with Crippen molar-refractivity contribution in [1.82, 2.24) is 4.98 Å². The first-order valence-electron chi connectivity index (χ1n) is 8.71. The SMILES string of the molecule is COC(=O)c1cc(NC(=O)Cc2csc(-c3ccc(F)cc3)n2)cc(C(=O)OC)c1. The zero-order valence-electron chi connectivity index (χ0n) is 16.1. The number of aromatic nitrogens is 1. The fraction of sp³-hybridized carbons (Fsp3) is 0.143. The number of hydrogen-bond donors (Lipinski definition) is 1. The van der Waals surface area contributed by atoms with Gasteiger partial charge >= 0.3 is 11.9 Å². The standard InChI is InChI=1S/C21H17FN2O5S/c1-28-20(26)13-7-14(21(27)29-2)9-16(8-13)23-18(25)10-17-11-30-19(24-17)12-3-5-15(22)6-4-12/h3-9,11H,10H2,1-2H3,(H,23,25). The van der Waals surface area contributed by atoms with Gasteiger partial charge in [-0.2, -0.15) is 0 Å². The van der Waals surface area contributed by atoms with Crippen molar-refractivity contribution in [3.8, 4) is 10.6 Å². The lowest BCUT2D eigenvalue weighted by Gasteiger charge is -2.09. The predicted molar refractivity (Wildman–Crippen MR) is 109 cm³/mol. The number of halogens is 1. The monoisotopic (exact) mass is 428 g/mol. The summed E-state index contributed by atoms with van der Waals surface area (Å²) in [6.45, 7) is 0. The molecule has 30 heavy (non-hydrogen) atoms. The molecule has 0 saturated heterocycles. The number of amides is 1. The average molecular weight is 428 g/mol. The molecule has 1 aromatic heterocycles. The fourth-order valence-electron chi connectivity index (χ4n) is 2.65. The number of esters is 2. The number of nitrogens with zero attached hydrogens (tertiary/aromatic N) is 1. The average Bonchev–Trinajstić information content (AvgIpc) is 3.20. The normalized spacial score (nSPS) is 10.4. The van der Waals surface area contributed by atoms with Crippen LogP contribution in [0.3, 0.4) is 0 Å². The lowest BCUT2D eigenvalue weighted by atomic mass is 10.1. The van der Waals surface area contributed by atoms with Crippen molar-refractivity contribution in [3.63, 3.8) is 0 Å². The van der Waals surface area contributed by atoms with Gasteiger partial charge in [0, 0.05) is 16.6 Å². The molecule has 0 saturated carbocycles. The lowest BCUT2D eigenvalue weighted by molar-refractivity contribution is -0.115. The van der Waals surface area contributed by atoms with Crippen molar-refractivity contribution in [3.05, 3.63) is 70.5 Å². The third kappa shape index (κ3) is 5.06. The molecule has 3 aromatic rings. The van der Waals surface area contributed by atoms with Crippen LogP contribution in [0.2, 0.25) is 0 Å². The molecule has 7 nitrogen and oxygen atoms in total. The Hall–Kier alpha value is -3.59. The fourth-order valence-corrected chi connectivity index (χ4v) is 3.48. The Kier molecular flexibility index (Phi) is 6.53. The number of methoxy groups -OCH3 is 2. The first-order chi connectivity index (χ1) is 14.4. The molecule has 0 bridgehead atoms. The highest BCUT2D eigenvalue weighted by Gasteiger charge is 2.16. The van der Waals surface area contributed by atoms with E-state index in [1.54, 1.807) is 17.5 Å². The molecule has 0 atom stereocenters. The van der Waals surface area contributed by atoms with Gasteiger partial charge < -0.3 is 14.8 Å². The number of hydrogen-bond acceptors (Lipinski definition) is 7. The minimum Gasteiger partial charge on any atom is -0.465 e. The predicted octanol–water partition coefficient (Wildman–Crippen LogP) is 3.70. The van der Waals surface area contributed by atoms with Gasteiger partial charge in [-0.05, 0) is 42.5 Å². The highest BCUT2D eigenvalue weighted by Crippen LogP contribution is 2.24. The van der Waals surface area contributed by atoms with Gasteiger partial charge in [0.25, 0.3) is 0 Å². The summed E-state index contributed by atoms with van der Waals surface area (Å²) >= 11 is 1.34. The molecule has 0 aliphatic heterocycles. The molecule has 2 aromatic carbocycles. The maximum atomic E-state index is 13.1. The van der Waals surface area contributed by atoms with Gasteiger partial charge in [0.05, 0.1) is 37.5 Å². The topological polar surface area (TPSA) is 94.6 Å². The molecule has 0 unspecified atom stereocenters. The van der Waals surface area contributed by atoms with Gasteiger partial charge in [-0.3, -0.25) is 4.79 Å². The van der Waals surface area contributed by atoms with Gasteiger partial charge in [-0.25, -0.2) is 19.0 Å². The quantitative estimate of drug-likeness (QED) is 0.602. The van der Waals surface area contributed by atoms with Crippen LogP contribution in [0.5, 0.6) is 0 Å². The van der Waals surface area contributed by atoms with E-state index >= 15 is 0 Å². The Bertz CT molecular complexity index is 1060. The molecule has 1 heterocycles. The third-order valence-corrected chi connectivity index (χ3v) is 4.98. The second-order valence-electron chi connectivity index (χ2n) is 6.16. The highest BCUT2D eigenvalue weighted by molar-refractivity contribution is 7.13. The molecule has 3 rings (SSSR count). The molecule has 9 heteroatoms. The Morgan fingerprint density at radius 2 is 1.60 bits per heavy atom. The molecular weight excluding hydrogens is 411 g/mol. The summed E-state index contributed by atoms with van der Waals surface area (Å²) < 4.78 is 22.4. The minimum atomic E-state index is -0.653. The van der Waals surface area contributed by atoms with Gasteiger partial charge in [-0.15, -0.1) is 11.3 Å². The van der Waals surface area contributed by atoms with Crippen LogP contribution in [-0.2, 0) is 20.7 Å². The van der Waals surface area contributed by atoms with E-state index in [0.29, 0.717) is 10.7 Å². The summed E-state index contributed by atoms with van der Waals surface area (Å²) in [6, 6.07) is 10.0. The van der Waals surface area contributed by atoms with Crippen molar-refractivity contribution in [2.24, 2.45) is 0 Å². The number of carbonyl (C=O) groups is 3. The van der Waals surface area contributed by atoms with Gasteiger partial charge in [0.1, 0.15) is 10.8 Å². The van der Waals surface area contributed by atoms with Crippen molar-refractivity contribution in [2.45, 2.75) is 6.42 Å². The summed E-state index contributed by atoms with van der Waals surface area (Å²) in [5, 5.41) is 5.05. The van der Waals surface area contributed by atoms with E-state index < -0.39 is 11.9 Å². The zero-order chi connectivity index (χ0) is 21.7. The van der Waals surface area contributed by atoms with E-state index in [2.05, 4.69) is 19.8 Å². The van der Waals surface area contributed by atoms with Crippen molar-refractivity contribution < 1.29 is 28.2 Å². The minimum absolute atomic E-state index is 0.0201. The molecule has 0 aliphatic carbocycles. The number of benzene rings is 2. The Balaban J connectivity index is 1.75. The molecule has 0 spiro atoms. The number of ether oxygens (including phenoxy) is 2. The Labute approximate surface area is 175 Å². The van der Waals surface area contributed by atoms with Crippen LogP contribution in [-0.4, -0.2) is 37.0 Å². The van der Waals surface area contributed by atoms with E-state index in [-0.39, 0.29) is 35.0 Å². The number of rotatable bonds is 6. The molecule has 0 aliphatic rings. The van der Waals surface area contributed by atoms with E-state index in [4.69, 9.17) is 0 Å².